The minimum absolute atomic E-state index is 0.00698. The monoisotopic (exact) mass is 399 g/mol. The molecule has 1 aliphatic rings. The highest BCUT2D eigenvalue weighted by Crippen LogP contribution is 2.23. The van der Waals surface area contributed by atoms with Gasteiger partial charge in [-0.05, 0) is 83.5 Å². The number of nitrogens with one attached hydrogen (secondary N) is 1. The Labute approximate surface area is 173 Å². The van der Waals surface area contributed by atoms with Crippen molar-refractivity contribution in [1.82, 2.24) is 15.2 Å². The summed E-state index contributed by atoms with van der Waals surface area (Å²) in [5, 5.41) is 3.96. The molecule has 0 aliphatic carbocycles. The minimum atomic E-state index is -0.00698. The third-order valence-corrected chi connectivity index (χ3v) is 6.81. The lowest BCUT2D eigenvalue weighted by atomic mass is 9.89. The van der Waals surface area contributed by atoms with Gasteiger partial charge >= 0.3 is 0 Å². The zero-order valence-electron chi connectivity index (χ0n) is 17.6. The van der Waals surface area contributed by atoms with E-state index in [2.05, 4.69) is 53.3 Å². The third kappa shape index (κ3) is 5.65. The Kier molecular flexibility index (Phi) is 7.24. The predicted octanol–water partition coefficient (Wildman–Crippen LogP) is 4.40. The van der Waals surface area contributed by atoms with Gasteiger partial charge in [0, 0.05) is 12.6 Å². The molecule has 0 bridgehead atoms. The molecule has 0 spiro atoms. The maximum absolute atomic E-state index is 12.3. The molecule has 1 aromatic carbocycles. The van der Waals surface area contributed by atoms with Gasteiger partial charge in [0.2, 0.25) is 0 Å². The summed E-state index contributed by atoms with van der Waals surface area (Å²) in [6.07, 6.45) is 4.66. The molecule has 0 atom stereocenters. The molecular formula is C23H33N3OS. The predicted molar refractivity (Wildman–Crippen MR) is 117 cm³/mol. The van der Waals surface area contributed by atoms with Crippen LogP contribution in [0, 0.1) is 19.8 Å². The lowest BCUT2D eigenvalue weighted by molar-refractivity contribution is 0.0957. The first-order valence-electron chi connectivity index (χ1n) is 10.5. The molecule has 4 nitrogen and oxygen atoms in total. The molecule has 3 rings (SSSR count). The van der Waals surface area contributed by atoms with E-state index in [1.165, 1.54) is 54.8 Å². The van der Waals surface area contributed by atoms with Gasteiger partial charge < -0.3 is 10.2 Å². The van der Waals surface area contributed by atoms with Crippen molar-refractivity contribution in [2.24, 2.45) is 5.92 Å². The Morgan fingerprint density at radius 1 is 1.18 bits per heavy atom. The Hall–Kier alpha value is -1.72. The number of likely N-dealkylation sites (tertiary alicyclic amines) is 1. The number of thiazole rings is 1. The average molecular weight is 400 g/mol. The normalized spacial score (nSPS) is 15.9. The van der Waals surface area contributed by atoms with E-state index in [1.54, 1.807) is 0 Å². The molecule has 0 radical (unpaired) electrons. The molecule has 2 aromatic rings. The molecule has 1 fully saturated rings. The van der Waals surface area contributed by atoms with E-state index in [4.69, 9.17) is 0 Å². The molecule has 0 saturated carbocycles. The molecule has 152 valence electrons. The maximum Gasteiger partial charge on any atom is 0.263 e. The number of carbonyl (C=O) groups excluding carboxylic acids is 1. The summed E-state index contributed by atoms with van der Waals surface area (Å²) in [5.74, 6) is 0.804. The van der Waals surface area contributed by atoms with E-state index in [0.29, 0.717) is 12.6 Å². The second-order valence-corrected chi connectivity index (χ2v) is 9.45. The molecule has 1 aromatic heterocycles. The smallest absolute Gasteiger partial charge is 0.263 e. The summed E-state index contributed by atoms with van der Waals surface area (Å²) >= 11 is 1.46. The quantitative estimate of drug-likeness (QED) is 0.751. The molecule has 1 saturated heterocycles. The van der Waals surface area contributed by atoms with Gasteiger partial charge in [-0.2, -0.15) is 0 Å². The molecule has 1 N–H and O–H groups in total. The zero-order valence-corrected chi connectivity index (χ0v) is 18.4. The first-order valence-corrected chi connectivity index (χ1v) is 11.3. The molecular weight excluding hydrogens is 366 g/mol. The standard InChI is InChI=1S/C23H33N3OS/c1-16(2)26-13-10-21(11-14-26)15-20-7-5-19(6-8-20)9-12-24-23(27)22-17(3)25-18(4)28-22/h5-8,16,21H,9-15H2,1-4H3,(H,24,27). The summed E-state index contributed by atoms with van der Waals surface area (Å²) < 4.78 is 0. The van der Waals surface area contributed by atoms with Crippen LogP contribution in [-0.4, -0.2) is 41.5 Å². The highest BCUT2D eigenvalue weighted by atomic mass is 32.1. The molecule has 1 aliphatic heterocycles. The van der Waals surface area contributed by atoms with E-state index < -0.39 is 0 Å². The summed E-state index contributed by atoms with van der Waals surface area (Å²) in [4.78, 5) is 19.9. The molecule has 0 unspecified atom stereocenters. The highest BCUT2D eigenvalue weighted by Gasteiger charge is 2.20. The van der Waals surface area contributed by atoms with Gasteiger partial charge in [-0.1, -0.05) is 24.3 Å². The van der Waals surface area contributed by atoms with Crippen molar-refractivity contribution < 1.29 is 4.79 Å². The van der Waals surface area contributed by atoms with E-state index in [-0.39, 0.29) is 5.91 Å². The molecule has 5 heteroatoms. The summed E-state index contributed by atoms with van der Waals surface area (Å²) in [5.41, 5.74) is 3.53. The van der Waals surface area contributed by atoms with E-state index in [1.807, 2.05) is 13.8 Å². The van der Waals surface area contributed by atoms with Crippen molar-refractivity contribution in [3.05, 3.63) is 51.0 Å². The first kappa shape index (κ1) is 21.0. The van der Waals surface area contributed by atoms with Crippen LogP contribution < -0.4 is 5.32 Å². The summed E-state index contributed by atoms with van der Waals surface area (Å²) in [7, 11) is 0. The van der Waals surface area contributed by atoms with Gasteiger partial charge in [0.15, 0.2) is 0 Å². The fraction of sp³-hybridized carbons (Fsp3) is 0.565. The minimum Gasteiger partial charge on any atom is -0.351 e. The van der Waals surface area contributed by atoms with Gasteiger partial charge in [-0.3, -0.25) is 4.79 Å². The fourth-order valence-corrected chi connectivity index (χ4v) is 4.83. The SMILES string of the molecule is Cc1nc(C)c(C(=O)NCCc2ccc(CC3CCN(C(C)C)CC3)cc2)s1. The topological polar surface area (TPSA) is 45.2 Å². The lowest BCUT2D eigenvalue weighted by Crippen LogP contribution is -2.38. The van der Waals surface area contributed by atoms with Crippen LogP contribution in [0.2, 0.25) is 0 Å². The summed E-state index contributed by atoms with van der Waals surface area (Å²) in [6, 6.07) is 9.63. The number of nitrogens with zero attached hydrogens (tertiary/aromatic N) is 2. The first-order chi connectivity index (χ1) is 13.4. The van der Waals surface area contributed by atoms with Gasteiger partial charge in [0.25, 0.3) is 5.91 Å². The van der Waals surface area contributed by atoms with E-state index in [9.17, 15) is 4.79 Å². The number of hydrogen-bond donors (Lipinski definition) is 1. The maximum atomic E-state index is 12.3. The van der Waals surface area contributed by atoms with Crippen LogP contribution in [0.25, 0.3) is 0 Å². The van der Waals surface area contributed by atoms with E-state index in [0.717, 1.165) is 27.9 Å². The average Bonchev–Trinajstić information content (AvgIpc) is 3.02. The third-order valence-electron chi connectivity index (χ3n) is 5.74. The number of rotatable bonds is 7. The molecule has 2 heterocycles. The van der Waals surface area contributed by atoms with Gasteiger partial charge in [0.1, 0.15) is 4.88 Å². The van der Waals surface area contributed by atoms with Crippen LogP contribution in [0.3, 0.4) is 0 Å². The molecule has 28 heavy (non-hydrogen) atoms. The Morgan fingerprint density at radius 2 is 1.82 bits per heavy atom. The number of piperidine rings is 1. The van der Waals surface area contributed by atoms with Crippen molar-refractivity contribution in [1.29, 1.82) is 0 Å². The van der Waals surface area contributed by atoms with Gasteiger partial charge in [-0.15, -0.1) is 11.3 Å². The second kappa shape index (κ2) is 9.66. The number of carbonyl (C=O) groups is 1. The van der Waals surface area contributed by atoms with Crippen molar-refractivity contribution >= 4 is 17.2 Å². The van der Waals surface area contributed by atoms with Crippen LogP contribution in [-0.2, 0) is 12.8 Å². The van der Waals surface area contributed by atoms with Crippen molar-refractivity contribution in [2.45, 2.75) is 59.4 Å². The number of benzene rings is 1. The van der Waals surface area contributed by atoms with Crippen molar-refractivity contribution in [3.8, 4) is 0 Å². The number of aryl methyl sites for hydroxylation is 2. The van der Waals surface area contributed by atoms with Crippen LogP contribution in [0.5, 0.6) is 0 Å². The van der Waals surface area contributed by atoms with E-state index >= 15 is 0 Å². The second-order valence-electron chi connectivity index (χ2n) is 8.25. The van der Waals surface area contributed by atoms with Crippen molar-refractivity contribution in [2.75, 3.05) is 19.6 Å². The zero-order chi connectivity index (χ0) is 20.1. The Bertz CT molecular complexity index is 774. The number of amides is 1. The highest BCUT2D eigenvalue weighted by molar-refractivity contribution is 7.13. The van der Waals surface area contributed by atoms with Gasteiger partial charge in [0.05, 0.1) is 10.7 Å². The van der Waals surface area contributed by atoms with Crippen LogP contribution >= 0.6 is 11.3 Å². The van der Waals surface area contributed by atoms with Crippen LogP contribution in [0.1, 0.15) is 58.2 Å². The Morgan fingerprint density at radius 3 is 2.39 bits per heavy atom. The fourth-order valence-electron chi connectivity index (χ4n) is 3.99. The Balaban J connectivity index is 1.42. The number of hydrogen-bond acceptors (Lipinski definition) is 4. The summed E-state index contributed by atoms with van der Waals surface area (Å²) in [6.45, 7) is 11.5. The van der Waals surface area contributed by atoms with Crippen LogP contribution in [0.15, 0.2) is 24.3 Å². The lowest BCUT2D eigenvalue weighted by Gasteiger charge is -2.34. The largest absolute Gasteiger partial charge is 0.351 e. The van der Waals surface area contributed by atoms with Crippen LogP contribution in [0.4, 0.5) is 0 Å². The van der Waals surface area contributed by atoms with Gasteiger partial charge in [-0.25, -0.2) is 4.98 Å². The molecule has 1 amide bonds. The van der Waals surface area contributed by atoms with Crippen molar-refractivity contribution in [3.63, 3.8) is 0 Å². The number of aromatic nitrogens is 1.